The molecule has 722 valence electrons. The summed E-state index contributed by atoms with van der Waals surface area (Å²) in [6.45, 7) is 26.7. The van der Waals surface area contributed by atoms with Gasteiger partial charge in [-0.25, -0.2) is 0 Å². The Morgan fingerprint density at radius 3 is 0.527 bits per heavy atom. The zero-order valence-corrected chi connectivity index (χ0v) is 82.0. The molecule has 0 aliphatic heterocycles. The molecule has 0 fully saturated rings. The Balaban J connectivity index is 0.000000198. The molecule has 0 saturated carbocycles. The molecule has 0 unspecified atom stereocenters. The summed E-state index contributed by atoms with van der Waals surface area (Å²) in [5, 5.41) is 94.6. The first-order valence-electron chi connectivity index (χ1n) is 45.3. The molecular weight excluding hydrogens is 1840 g/mol. The lowest BCUT2D eigenvalue weighted by atomic mass is 9.78. The molecule has 0 N–H and O–H groups in total. The van der Waals surface area contributed by atoms with Gasteiger partial charge in [0.1, 0.15) is 80.5 Å². The average molecular weight is 1930 g/mol. The van der Waals surface area contributed by atoms with Gasteiger partial charge < -0.3 is 66.3 Å². The Morgan fingerprint density at radius 1 is 0.205 bits per heavy atom. The zero-order valence-electron chi connectivity index (χ0n) is 82.0. The van der Waals surface area contributed by atoms with Gasteiger partial charge in [-0.3, -0.25) is 0 Å². The minimum atomic E-state index is -0.371. The van der Waals surface area contributed by atoms with E-state index in [1.165, 1.54) is 0 Å². The molecule has 15 aromatic rings. The van der Waals surface area contributed by atoms with Crippen LogP contribution in [0.1, 0.15) is 168 Å². The fourth-order valence-electron chi connectivity index (χ4n) is 15.8. The van der Waals surface area contributed by atoms with Gasteiger partial charge in [0.05, 0.1) is 0 Å². The zero-order chi connectivity index (χ0) is 105. The van der Waals surface area contributed by atoms with E-state index in [-0.39, 0.29) is 45.6 Å². The predicted molar refractivity (Wildman–Crippen MR) is 539 cm³/mol. The van der Waals surface area contributed by atoms with Crippen LogP contribution >= 0.6 is 0 Å². The third-order valence-corrected chi connectivity index (χ3v) is 24.0. The molecule has 0 aliphatic carbocycles. The van der Waals surface area contributed by atoms with Crippen LogP contribution in [0.4, 0.5) is 0 Å². The first-order valence-corrected chi connectivity index (χ1v) is 45.3. The number of hydrogen-bond donors (Lipinski definition) is 0. The summed E-state index contributed by atoms with van der Waals surface area (Å²) >= 11 is 0. The van der Waals surface area contributed by atoms with E-state index in [2.05, 4.69) is 77.3 Å². The number of ether oxygens (including phenoxy) is 14. The second-order valence-corrected chi connectivity index (χ2v) is 34.9. The fourth-order valence-corrected chi connectivity index (χ4v) is 15.8. The van der Waals surface area contributed by atoms with Gasteiger partial charge in [0.15, 0.2) is 0 Å². The number of rotatable bonds is 31. The molecule has 15 rings (SSSR count). The van der Waals surface area contributed by atoms with Gasteiger partial charge in [-0.2, -0.15) is 0 Å². The van der Waals surface area contributed by atoms with E-state index < -0.39 is 0 Å². The van der Waals surface area contributed by atoms with E-state index in [4.69, 9.17) is 124 Å². The van der Waals surface area contributed by atoms with Gasteiger partial charge in [-0.1, -0.05) is 232 Å². The Hall–Kier alpha value is -20.3. The summed E-state index contributed by atoms with van der Waals surface area (Å²) in [5.74, 6) is 7.49. The summed E-state index contributed by atoms with van der Waals surface area (Å²) in [7, 11) is 0. The Morgan fingerprint density at radius 2 is 0.356 bits per heavy atom. The van der Waals surface area contributed by atoms with E-state index in [0.29, 0.717) is 80.5 Å². The first kappa shape index (κ1) is 106. The minimum absolute atomic E-state index is 0.0433. The lowest BCUT2D eigenvalue weighted by Crippen LogP contribution is -2.18. The van der Waals surface area contributed by atoms with Crippen molar-refractivity contribution in [2.75, 3.05) is 0 Å². The molecule has 0 aliphatic rings. The molecule has 1 aromatic heterocycles. The Bertz CT molecular complexity index is 6870. The molecule has 0 saturated heterocycles. The van der Waals surface area contributed by atoms with E-state index in [9.17, 15) is 0 Å². The summed E-state index contributed by atoms with van der Waals surface area (Å²) in [6, 6.07) is 97.4. The van der Waals surface area contributed by atoms with Crippen molar-refractivity contribution in [1.82, 2.24) is 15.0 Å². The normalized spacial score (nSPS) is 10.4. The quantitative estimate of drug-likeness (QED) is 0.0364. The second-order valence-electron chi connectivity index (χ2n) is 34.9. The minimum Gasteiger partial charge on any atom is -0.424 e. The number of aryl methyl sites for hydroxylation is 4. The van der Waals surface area contributed by atoms with Crippen molar-refractivity contribution in [1.29, 1.82) is 57.9 Å². The van der Waals surface area contributed by atoms with Gasteiger partial charge in [0.25, 0.3) is 68.8 Å². The summed E-state index contributed by atoms with van der Waals surface area (Å²) in [5.41, 5.74) is 17.6. The van der Waals surface area contributed by atoms with Crippen LogP contribution in [0, 0.1) is 154 Å². The van der Waals surface area contributed by atoms with Crippen molar-refractivity contribution in [2.24, 2.45) is 0 Å². The van der Waals surface area contributed by atoms with E-state index in [0.717, 1.165) is 113 Å². The van der Waals surface area contributed by atoms with Crippen molar-refractivity contribution in [2.45, 2.75) is 130 Å². The highest BCUT2D eigenvalue weighted by Gasteiger charge is 2.29. The average Bonchev–Trinajstić information content (AvgIpc) is 0.803. The van der Waals surface area contributed by atoms with Gasteiger partial charge in [0.2, 0.25) is 0 Å². The molecule has 0 bridgehead atoms. The van der Waals surface area contributed by atoms with E-state index >= 15 is 0 Å². The van der Waals surface area contributed by atoms with Crippen LogP contribution in [0.3, 0.4) is 0 Å². The standard InChI is InChI=1S/C51H42N6O6.C19H18N2O2.C17H14N2O2.C16H12N2O2.C15H10N2O2/c1-49(2,34-7-19-40(20-8-34)58-31-52)37-13-25-43(26-14-37)61-46-55-47(62-44-27-15-38(16-28-44)50(3,4)35-9-21-41(22-10-35)59-32-53)57-48(56-46)63-45-29-17-39(18-30-45)51(5,6)36-11-23-42(24-12-36)60-33-54;1-12-5-16(6-13(2)18(12)22-10-20)9-17-7-14(3)19(23-11-21)15(4)8-17;1-17(2,13-3-7-15(8-4-13)20-11-18)14-5-9-16(10-6-14)21-12-19;1-12(13-2-6-15(7-3-13)19-10-17)14-4-8-16(9-5-14)20-11-18;16-10-18-14-5-1-12(2-6-14)9-13-3-7-15(8-4-13)19-11-17/h7-30H,1-6H3;5-8H,9H2,1-4H3;3-10H,1-2H3;2-9,12H,1H3;1-8H,9H2. The maximum atomic E-state index is 8.86. The molecule has 14 aromatic carbocycles. The van der Waals surface area contributed by atoms with Crippen LogP contribution in [0.25, 0.3) is 0 Å². The number of benzene rings is 14. The largest absolute Gasteiger partial charge is 0.424 e. The van der Waals surface area contributed by atoms with E-state index in [1.54, 1.807) is 178 Å². The SMILES string of the molecule is CC(C)(c1ccc(OC#N)cc1)c1ccc(OC#N)cc1.CC(C)(c1ccc(OC#N)cc1)c1ccc(Oc2nc(Oc3ccc(C(C)(C)c4ccc(OC#N)cc4)cc3)nc(Oc3ccc(C(C)(C)c4ccc(OC#N)cc4)cc3)n2)cc1.CC(c1ccc(OC#N)cc1)c1ccc(OC#N)cc1.Cc1cc(Cc2cc(C)c(OC#N)c(C)c2)cc(C)c1OC#N.N#COc1ccc(Cc2ccc(OC#N)cc2)cc1. The summed E-state index contributed by atoms with van der Waals surface area (Å²) < 4.78 is 72.0. The van der Waals surface area contributed by atoms with Crippen LogP contribution in [0.15, 0.2) is 315 Å². The lowest BCUT2D eigenvalue weighted by molar-refractivity contribution is 0.362. The first-order chi connectivity index (χ1) is 70.4. The highest BCUT2D eigenvalue weighted by atomic mass is 16.5. The maximum absolute atomic E-state index is 8.86. The van der Waals surface area contributed by atoms with Gasteiger partial charge in [-0.15, -0.1) is 72.8 Å². The van der Waals surface area contributed by atoms with Crippen molar-refractivity contribution in [3.05, 3.63) is 416 Å². The molecule has 28 nitrogen and oxygen atoms in total. The number of hydrogen-bond acceptors (Lipinski definition) is 28. The molecule has 28 heteroatoms. The summed E-state index contributed by atoms with van der Waals surface area (Å²) in [6.07, 6.45) is 19.9. The number of nitrogens with zero attached hydrogens (tertiary/aromatic N) is 14. The summed E-state index contributed by atoms with van der Waals surface area (Å²) in [4.78, 5) is 13.5. The molecule has 0 amide bonds. The van der Waals surface area contributed by atoms with Gasteiger partial charge in [0, 0.05) is 27.6 Å². The second kappa shape index (κ2) is 50.8. The predicted octanol–water partition coefficient (Wildman–Crippen LogP) is 26.3. The van der Waals surface area contributed by atoms with Crippen molar-refractivity contribution in [3.63, 3.8) is 0 Å². The van der Waals surface area contributed by atoms with Gasteiger partial charge >= 0.3 is 18.0 Å². The number of nitriles is 11. The third kappa shape index (κ3) is 29.2. The Labute approximate surface area is 847 Å². The van der Waals surface area contributed by atoms with Crippen LogP contribution in [0.2, 0.25) is 0 Å². The molecule has 146 heavy (non-hydrogen) atoms. The highest BCUT2D eigenvalue weighted by molar-refractivity contribution is 5.52. The van der Waals surface area contributed by atoms with Gasteiger partial charge in [-0.05, 0) is 286 Å². The molecular formula is C118H96N14O14. The highest BCUT2D eigenvalue weighted by Crippen LogP contribution is 2.41. The number of aromatic nitrogens is 3. The third-order valence-electron chi connectivity index (χ3n) is 24.0. The van der Waals surface area contributed by atoms with Crippen molar-refractivity contribution < 1.29 is 66.3 Å². The molecule has 0 spiro atoms. The topological polar surface area (TPSA) is 430 Å². The molecule has 0 radical (unpaired) electrons. The van der Waals surface area contributed by atoms with Crippen LogP contribution < -0.4 is 66.3 Å². The van der Waals surface area contributed by atoms with Crippen molar-refractivity contribution >= 4 is 0 Å². The monoisotopic (exact) mass is 1930 g/mol. The smallest absolute Gasteiger partial charge is 0.331 e. The van der Waals surface area contributed by atoms with Crippen LogP contribution in [-0.2, 0) is 34.5 Å². The molecule has 1 heterocycles. The van der Waals surface area contributed by atoms with E-state index in [1.807, 2.05) is 234 Å². The van der Waals surface area contributed by atoms with Crippen LogP contribution in [0.5, 0.6) is 98.5 Å². The Kier molecular flexibility index (Phi) is 37.0. The maximum Gasteiger partial charge on any atom is 0.331 e. The molecule has 0 atom stereocenters. The van der Waals surface area contributed by atoms with Crippen molar-refractivity contribution in [3.8, 4) is 167 Å². The fraction of sp³-hybridized carbons (Fsp3) is 0.169. The van der Waals surface area contributed by atoms with Crippen LogP contribution in [-0.4, -0.2) is 15.0 Å². The lowest BCUT2D eigenvalue weighted by Gasteiger charge is -2.26.